The Hall–Kier alpha value is -1.52. The van der Waals surface area contributed by atoms with Crippen molar-refractivity contribution in [1.82, 2.24) is 9.88 Å². The molecule has 2 aliphatic heterocycles. The van der Waals surface area contributed by atoms with Crippen LogP contribution in [-0.2, 0) is 6.42 Å². The summed E-state index contributed by atoms with van der Waals surface area (Å²) in [5.41, 5.74) is 3.34. The topological polar surface area (TPSA) is 37.4 Å². The molecule has 27 heavy (non-hydrogen) atoms. The third kappa shape index (κ3) is 4.33. The van der Waals surface area contributed by atoms with Gasteiger partial charge in [-0.05, 0) is 75.9 Å². The number of likely N-dealkylation sites (tertiary alicyclic amines) is 1. The van der Waals surface area contributed by atoms with Crippen LogP contribution in [0.2, 0.25) is 5.02 Å². The van der Waals surface area contributed by atoms with Gasteiger partial charge in [-0.3, -0.25) is 0 Å². The lowest BCUT2D eigenvalue weighted by Crippen LogP contribution is -2.36. The molecule has 3 heterocycles. The number of unbranched alkanes of at least 4 members (excludes halogenated alkanes) is 1. The average Bonchev–Trinajstić information content (AvgIpc) is 2.71. The first-order valence-electron chi connectivity index (χ1n) is 10.5. The van der Waals surface area contributed by atoms with E-state index in [1.54, 1.807) is 0 Å². The van der Waals surface area contributed by atoms with Gasteiger partial charge in [0.05, 0.1) is 17.8 Å². The molecule has 2 aliphatic rings. The summed E-state index contributed by atoms with van der Waals surface area (Å²) in [5.74, 6) is 1.46. The molecule has 2 aromatic rings. The van der Waals surface area contributed by atoms with E-state index in [2.05, 4.69) is 17.1 Å². The van der Waals surface area contributed by atoms with E-state index in [0.29, 0.717) is 5.92 Å². The second-order valence-electron chi connectivity index (χ2n) is 7.91. The SMILES string of the molecule is CCCCN1CCC(COc2nc3ccc(Cl)cc3c3c2CCCN3)CC1. The van der Waals surface area contributed by atoms with Crippen molar-refractivity contribution in [2.24, 2.45) is 5.92 Å². The molecule has 1 aromatic heterocycles. The average molecular weight is 388 g/mol. The third-order valence-corrected chi connectivity index (χ3v) is 6.14. The number of piperidine rings is 1. The fourth-order valence-corrected chi connectivity index (χ4v) is 4.41. The van der Waals surface area contributed by atoms with Crippen molar-refractivity contribution in [3.8, 4) is 5.88 Å². The predicted molar refractivity (Wildman–Crippen MR) is 113 cm³/mol. The maximum atomic E-state index is 6.30. The van der Waals surface area contributed by atoms with Crippen molar-refractivity contribution in [2.75, 3.05) is 38.1 Å². The number of benzene rings is 1. The van der Waals surface area contributed by atoms with Crippen LogP contribution in [0.1, 0.15) is 44.6 Å². The maximum Gasteiger partial charge on any atom is 0.219 e. The molecule has 1 saturated heterocycles. The van der Waals surface area contributed by atoms with E-state index in [0.717, 1.165) is 53.5 Å². The Kier molecular flexibility index (Phi) is 6.04. The molecule has 1 aromatic carbocycles. The Labute approximate surface area is 167 Å². The van der Waals surface area contributed by atoms with Crippen molar-refractivity contribution in [1.29, 1.82) is 0 Å². The van der Waals surface area contributed by atoms with Gasteiger partial charge in [-0.25, -0.2) is 4.98 Å². The van der Waals surface area contributed by atoms with Crippen LogP contribution in [0.5, 0.6) is 5.88 Å². The van der Waals surface area contributed by atoms with E-state index in [1.807, 2.05) is 18.2 Å². The van der Waals surface area contributed by atoms with Gasteiger partial charge in [0.2, 0.25) is 5.88 Å². The van der Waals surface area contributed by atoms with Gasteiger partial charge in [-0.15, -0.1) is 0 Å². The molecule has 0 amide bonds. The number of hydrogen-bond donors (Lipinski definition) is 1. The monoisotopic (exact) mass is 387 g/mol. The Morgan fingerprint density at radius 2 is 2.15 bits per heavy atom. The Balaban J connectivity index is 1.46. The lowest BCUT2D eigenvalue weighted by molar-refractivity contribution is 0.137. The summed E-state index contributed by atoms with van der Waals surface area (Å²) >= 11 is 6.22. The van der Waals surface area contributed by atoms with Gasteiger partial charge >= 0.3 is 0 Å². The summed E-state index contributed by atoms with van der Waals surface area (Å²) < 4.78 is 6.30. The standard InChI is InChI=1S/C22H30ClN3O/c1-2-3-11-26-12-8-16(9-13-26)15-27-22-18-5-4-10-24-21(18)19-14-17(23)6-7-20(19)25-22/h6-7,14,16,24H,2-5,8-13,15H2,1H3. The second-order valence-corrected chi connectivity index (χ2v) is 8.35. The largest absolute Gasteiger partial charge is 0.477 e. The number of nitrogens with one attached hydrogen (secondary N) is 1. The van der Waals surface area contributed by atoms with E-state index >= 15 is 0 Å². The lowest BCUT2D eigenvalue weighted by atomic mass is 9.97. The highest BCUT2D eigenvalue weighted by Gasteiger charge is 2.23. The van der Waals surface area contributed by atoms with Gasteiger partial charge in [-0.1, -0.05) is 24.9 Å². The van der Waals surface area contributed by atoms with Crippen LogP contribution in [0.15, 0.2) is 18.2 Å². The number of aromatic nitrogens is 1. The predicted octanol–water partition coefficient (Wildman–Crippen LogP) is 5.14. The molecule has 0 spiro atoms. The van der Waals surface area contributed by atoms with Crippen molar-refractivity contribution in [3.05, 3.63) is 28.8 Å². The summed E-state index contributed by atoms with van der Waals surface area (Å²) in [6.07, 6.45) is 7.18. The highest BCUT2D eigenvalue weighted by atomic mass is 35.5. The van der Waals surface area contributed by atoms with Crippen molar-refractivity contribution >= 4 is 28.2 Å². The van der Waals surface area contributed by atoms with Gasteiger partial charge in [0.15, 0.2) is 0 Å². The minimum Gasteiger partial charge on any atom is -0.477 e. The number of fused-ring (bicyclic) bond motifs is 3. The molecule has 0 unspecified atom stereocenters. The first-order chi connectivity index (χ1) is 13.2. The van der Waals surface area contributed by atoms with Crippen LogP contribution in [-0.4, -0.2) is 42.7 Å². The van der Waals surface area contributed by atoms with Crippen molar-refractivity contribution < 1.29 is 4.74 Å². The fourth-order valence-electron chi connectivity index (χ4n) is 4.24. The van der Waals surface area contributed by atoms with Gasteiger partial charge in [0.25, 0.3) is 0 Å². The maximum absolute atomic E-state index is 6.30. The van der Waals surface area contributed by atoms with E-state index in [-0.39, 0.29) is 0 Å². The van der Waals surface area contributed by atoms with E-state index in [1.165, 1.54) is 50.9 Å². The highest BCUT2D eigenvalue weighted by molar-refractivity contribution is 6.31. The first-order valence-corrected chi connectivity index (χ1v) is 10.8. The van der Waals surface area contributed by atoms with Gasteiger partial charge in [-0.2, -0.15) is 0 Å². The zero-order chi connectivity index (χ0) is 18.6. The number of nitrogens with zero attached hydrogens (tertiary/aromatic N) is 2. The van der Waals surface area contributed by atoms with Crippen LogP contribution in [0.4, 0.5) is 5.69 Å². The Morgan fingerprint density at radius 1 is 1.30 bits per heavy atom. The van der Waals surface area contributed by atoms with Crippen molar-refractivity contribution in [3.63, 3.8) is 0 Å². The second kappa shape index (κ2) is 8.66. The molecular weight excluding hydrogens is 358 g/mol. The Morgan fingerprint density at radius 3 is 2.96 bits per heavy atom. The Bertz CT molecular complexity index is 787. The minimum atomic E-state index is 0.637. The number of anilines is 1. The van der Waals surface area contributed by atoms with Crippen LogP contribution < -0.4 is 10.1 Å². The molecule has 1 fully saturated rings. The smallest absolute Gasteiger partial charge is 0.219 e. The zero-order valence-corrected chi connectivity index (χ0v) is 17.0. The van der Waals surface area contributed by atoms with E-state index in [4.69, 9.17) is 21.3 Å². The van der Waals surface area contributed by atoms with Crippen LogP contribution in [0.25, 0.3) is 10.9 Å². The summed E-state index contributed by atoms with van der Waals surface area (Å²) in [6.45, 7) is 7.70. The number of ether oxygens (including phenoxy) is 1. The van der Waals surface area contributed by atoms with Crippen LogP contribution >= 0.6 is 11.6 Å². The number of hydrogen-bond acceptors (Lipinski definition) is 4. The fraction of sp³-hybridized carbons (Fsp3) is 0.591. The summed E-state index contributed by atoms with van der Waals surface area (Å²) in [6, 6.07) is 5.91. The quantitative estimate of drug-likeness (QED) is 0.744. The number of halogens is 1. The molecule has 0 radical (unpaired) electrons. The van der Waals surface area contributed by atoms with Crippen molar-refractivity contribution in [2.45, 2.75) is 45.4 Å². The molecule has 146 valence electrons. The highest BCUT2D eigenvalue weighted by Crippen LogP contribution is 2.37. The summed E-state index contributed by atoms with van der Waals surface area (Å²) in [5, 5.41) is 5.41. The van der Waals surface area contributed by atoms with E-state index in [9.17, 15) is 0 Å². The third-order valence-electron chi connectivity index (χ3n) is 5.91. The normalized spacial score (nSPS) is 18.3. The molecule has 1 N–H and O–H groups in total. The number of pyridine rings is 1. The molecular formula is C22H30ClN3O. The zero-order valence-electron chi connectivity index (χ0n) is 16.3. The number of rotatable bonds is 6. The van der Waals surface area contributed by atoms with Gasteiger partial charge in [0.1, 0.15) is 0 Å². The summed E-state index contributed by atoms with van der Waals surface area (Å²) in [4.78, 5) is 7.44. The molecule has 4 rings (SSSR count). The van der Waals surface area contributed by atoms with Gasteiger partial charge < -0.3 is 15.0 Å². The lowest BCUT2D eigenvalue weighted by Gasteiger charge is -2.32. The van der Waals surface area contributed by atoms with E-state index < -0.39 is 0 Å². The molecule has 0 atom stereocenters. The molecule has 0 aliphatic carbocycles. The molecule has 5 heteroatoms. The minimum absolute atomic E-state index is 0.637. The van der Waals surface area contributed by atoms with Crippen LogP contribution in [0.3, 0.4) is 0 Å². The molecule has 4 nitrogen and oxygen atoms in total. The first kappa shape index (κ1) is 18.8. The van der Waals surface area contributed by atoms with Gasteiger partial charge in [0, 0.05) is 22.5 Å². The molecule has 0 saturated carbocycles. The summed E-state index contributed by atoms with van der Waals surface area (Å²) in [7, 11) is 0. The van der Waals surface area contributed by atoms with Crippen LogP contribution in [0, 0.1) is 5.92 Å². The molecule has 0 bridgehead atoms.